The summed E-state index contributed by atoms with van der Waals surface area (Å²) in [7, 11) is 1.47. The van der Waals surface area contributed by atoms with Crippen LogP contribution >= 0.6 is 0 Å². The molecule has 1 aliphatic carbocycles. The van der Waals surface area contributed by atoms with Crippen molar-refractivity contribution in [2.75, 3.05) is 12.4 Å². The normalized spacial score (nSPS) is 15.9. The summed E-state index contributed by atoms with van der Waals surface area (Å²) >= 11 is 0. The number of benzene rings is 1. The van der Waals surface area contributed by atoms with E-state index in [1.165, 1.54) is 19.2 Å². The van der Waals surface area contributed by atoms with Gasteiger partial charge in [-0.3, -0.25) is 4.79 Å². The highest BCUT2D eigenvalue weighted by Crippen LogP contribution is 2.26. The first kappa shape index (κ1) is 12.7. The summed E-state index contributed by atoms with van der Waals surface area (Å²) in [5.74, 6) is -0.0302. The lowest BCUT2D eigenvalue weighted by Crippen LogP contribution is -2.38. The summed E-state index contributed by atoms with van der Waals surface area (Å²) in [6, 6.07) is 4.13. The van der Waals surface area contributed by atoms with Gasteiger partial charge < -0.3 is 15.4 Å². The van der Waals surface area contributed by atoms with Crippen LogP contribution in [0.1, 0.15) is 19.8 Å². The fraction of sp³-hybridized carbons (Fsp3) is 0.462. The molecule has 1 unspecified atom stereocenters. The standard InChI is InChI=1S/C13H17FN2O2/c1-8(13(17)16-10-4-5-10)15-11-6-3-9(14)7-12(11)18-2/h3,6-8,10,15H,4-5H2,1-2H3,(H,16,17). The molecule has 4 nitrogen and oxygen atoms in total. The number of halogens is 1. The Balaban J connectivity index is 2.00. The van der Waals surface area contributed by atoms with E-state index in [1.807, 2.05) is 0 Å². The molecule has 1 amide bonds. The predicted molar refractivity (Wildman–Crippen MR) is 67.2 cm³/mol. The Bertz CT molecular complexity index is 447. The van der Waals surface area contributed by atoms with Crippen LogP contribution in [-0.4, -0.2) is 25.1 Å². The van der Waals surface area contributed by atoms with Gasteiger partial charge in [-0.05, 0) is 31.9 Å². The van der Waals surface area contributed by atoms with Gasteiger partial charge in [-0.15, -0.1) is 0 Å². The van der Waals surface area contributed by atoms with E-state index in [0.29, 0.717) is 17.5 Å². The maximum atomic E-state index is 13.0. The quantitative estimate of drug-likeness (QED) is 0.841. The van der Waals surface area contributed by atoms with Gasteiger partial charge in [0.1, 0.15) is 17.6 Å². The Labute approximate surface area is 106 Å². The van der Waals surface area contributed by atoms with E-state index in [2.05, 4.69) is 10.6 Å². The van der Waals surface area contributed by atoms with E-state index in [4.69, 9.17) is 4.74 Å². The lowest BCUT2D eigenvalue weighted by atomic mass is 10.2. The SMILES string of the molecule is COc1cc(F)ccc1NC(C)C(=O)NC1CC1. The summed E-state index contributed by atoms with van der Waals surface area (Å²) in [4.78, 5) is 11.8. The molecule has 0 bridgehead atoms. The van der Waals surface area contributed by atoms with Crippen molar-refractivity contribution in [1.82, 2.24) is 5.32 Å². The summed E-state index contributed by atoms with van der Waals surface area (Å²) in [5, 5.41) is 5.92. The Morgan fingerprint density at radius 1 is 1.50 bits per heavy atom. The molecule has 2 rings (SSSR count). The molecule has 0 aliphatic heterocycles. The fourth-order valence-corrected chi connectivity index (χ4v) is 1.64. The van der Waals surface area contributed by atoms with Crippen molar-refractivity contribution < 1.29 is 13.9 Å². The number of nitrogens with one attached hydrogen (secondary N) is 2. The predicted octanol–water partition coefficient (Wildman–Crippen LogP) is 1.91. The summed E-state index contributed by atoms with van der Waals surface area (Å²) in [6.07, 6.45) is 2.11. The van der Waals surface area contributed by atoms with E-state index in [-0.39, 0.29) is 17.8 Å². The summed E-state index contributed by atoms with van der Waals surface area (Å²) in [6.45, 7) is 1.76. The fourth-order valence-electron chi connectivity index (χ4n) is 1.64. The van der Waals surface area contributed by atoms with E-state index >= 15 is 0 Å². The Kier molecular flexibility index (Phi) is 3.69. The van der Waals surface area contributed by atoms with E-state index in [9.17, 15) is 9.18 Å². The first-order valence-corrected chi connectivity index (χ1v) is 6.00. The molecule has 2 N–H and O–H groups in total. The molecule has 0 aromatic heterocycles. The third kappa shape index (κ3) is 3.12. The minimum absolute atomic E-state index is 0.0520. The van der Waals surface area contributed by atoms with Crippen molar-refractivity contribution in [1.29, 1.82) is 0 Å². The third-order valence-corrected chi connectivity index (χ3v) is 2.85. The lowest BCUT2D eigenvalue weighted by molar-refractivity contribution is -0.121. The number of amides is 1. The number of carbonyl (C=O) groups excluding carboxylic acids is 1. The van der Waals surface area contributed by atoms with Gasteiger partial charge in [0.2, 0.25) is 5.91 Å². The molecular formula is C13H17FN2O2. The number of hydrogen-bond donors (Lipinski definition) is 2. The minimum Gasteiger partial charge on any atom is -0.494 e. The van der Waals surface area contributed by atoms with Gasteiger partial charge in [-0.1, -0.05) is 0 Å². The highest BCUT2D eigenvalue weighted by atomic mass is 19.1. The first-order chi connectivity index (χ1) is 8.60. The molecule has 0 heterocycles. The van der Waals surface area contributed by atoms with E-state index in [0.717, 1.165) is 12.8 Å². The second-order valence-electron chi connectivity index (χ2n) is 4.49. The third-order valence-electron chi connectivity index (χ3n) is 2.85. The van der Waals surface area contributed by atoms with Gasteiger partial charge in [-0.2, -0.15) is 0 Å². The topological polar surface area (TPSA) is 50.4 Å². The molecule has 18 heavy (non-hydrogen) atoms. The van der Waals surface area contributed by atoms with Crippen LogP contribution in [0.4, 0.5) is 10.1 Å². The second-order valence-corrected chi connectivity index (χ2v) is 4.49. The van der Waals surface area contributed by atoms with Crippen LogP contribution in [0.2, 0.25) is 0 Å². The van der Waals surface area contributed by atoms with Gasteiger partial charge in [0.25, 0.3) is 0 Å². The highest BCUT2D eigenvalue weighted by Gasteiger charge is 2.25. The van der Waals surface area contributed by atoms with E-state index in [1.54, 1.807) is 13.0 Å². The highest BCUT2D eigenvalue weighted by molar-refractivity contribution is 5.85. The van der Waals surface area contributed by atoms with Gasteiger partial charge in [0, 0.05) is 12.1 Å². The lowest BCUT2D eigenvalue weighted by Gasteiger charge is -2.17. The van der Waals surface area contributed by atoms with Crippen LogP contribution in [0.15, 0.2) is 18.2 Å². The van der Waals surface area contributed by atoms with Crippen molar-refractivity contribution in [3.8, 4) is 5.75 Å². The molecule has 1 fully saturated rings. The Morgan fingerprint density at radius 3 is 2.83 bits per heavy atom. The molecule has 0 saturated heterocycles. The molecule has 0 radical (unpaired) electrons. The van der Waals surface area contributed by atoms with Gasteiger partial charge in [-0.25, -0.2) is 4.39 Å². The minimum atomic E-state index is -0.384. The molecule has 1 aromatic carbocycles. The van der Waals surface area contributed by atoms with Crippen molar-refractivity contribution in [2.45, 2.75) is 31.8 Å². The Morgan fingerprint density at radius 2 is 2.22 bits per heavy atom. The van der Waals surface area contributed by atoms with Crippen LogP contribution in [0.25, 0.3) is 0 Å². The van der Waals surface area contributed by atoms with Crippen molar-refractivity contribution in [2.24, 2.45) is 0 Å². The number of anilines is 1. The zero-order valence-electron chi connectivity index (χ0n) is 10.5. The van der Waals surface area contributed by atoms with Gasteiger partial charge >= 0.3 is 0 Å². The maximum Gasteiger partial charge on any atom is 0.242 e. The maximum absolute atomic E-state index is 13.0. The van der Waals surface area contributed by atoms with Crippen LogP contribution < -0.4 is 15.4 Å². The molecule has 5 heteroatoms. The number of rotatable bonds is 5. The van der Waals surface area contributed by atoms with E-state index < -0.39 is 0 Å². The molecule has 98 valence electrons. The second kappa shape index (κ2) is 5.25. The van der Waals surface area contributed by atoms with Crippen molar-refractivity contribution >= 4 is 11.6 Å². The molecule has 0 spiro atoms. The van der Waals surface area contributed by atoms with Crippen molar-refractivity contribution in [3.63, 3.8) is 0 Å². The smallest absolute Gasteiger partial charge is 0.242 e. The molecule has 1 saturated carbocycles. The first-order valence-electron chi connectivity index (χ1n) is 6.00. The van der Waals surface area contributed by atoms with Crippen LogP contribution in [0, 0.1) is 5.82 Å². The zero-order valence-corrected chi connectivity index (χ0v) is 10.5. The average molecular weight is 252 g/mol. The van der Waals surface area contributed by atoms with Gasteiger partial charge in [0.05, 0.1) is 12.8 Å². The van der Waals surface area contributed by atoms with Crippen LogP contribution in [0.3, 0.4) is 0 Å². The number of methoxy groups -OCH3 is 1. The summed E-state index contributed by atoms with van der Waals surface area (Å²) in [5.41, 5.74) is 0.609. The van der Waals surface area contributed by atoms with Gasteiger partial charge in [0.15, 0.2) is 0 Å². The van der Waals surface area contributed by atoms with Crippen molar-refractivity contribution in [3.05, 3.63) is 24.0 Å². The van der Waals surface area contributed by atoms with Crippen LogP contribution in [-0.2, 0) is 4.79 Å². The number of ether oxygens (including phenoxy) is 1. The molecule has 1 aromatic rings. The molecule has 1 atom stereocenters. The summed E-state index contributed by atoms with van der Waals surface area (Å²) < 4.78 is 18.1. The monoisotopic (exact) mass is 252 g/mol. The average Bonchev–Trinajstić information content (AvgIpc) is 3.15. The number of carbonyl (C=O) groups is 1. The Hall–Kier alpha value is -1.78. The largest absolute Gasteiger partial charge is 0.494 e. The molecule has 1 aliphatic rings. The molecular weight excluding hydrogens is 235 g/mol. The zero-order chi connectivity index (χ0) is 13.1. The number of hydrogen-bond acceptors (Lipinski definition) is 3. The van der Waals surface area contributed by atoms with Crippen LogP contribution in [0.5, 0.6) is 5.75 Å².